The van der Waals surface area contributed by atoms with Gasteiger partial charge in [-0.2, -0.15) is 0 Å². The van der Waals surface area contributed by atoms with Crippen molar-refractivity contribution >= 4 is 21.4 Å². The first-order valence-corrected chi connectivity index (χ1v) is 13.5. The van der Waals surface area contributed by atoms with Crippen LogP contribution in [-0.2, 0) is 21.2 Å². The monoisotopic (exact) mass is 495 g/mol. The van der Waals surface area contributed by atoms with E-state index < -0.39 is 15.8 Å². The van der Waals surface area contributed by atoms with Crippen molar-refractivity contribution in [1.29, 1.82) is 0 Å². The van der Waals surface area contributed by atoms with Crippen LogP contribution in [0.1, 0.15) is 30.1 Å². The standard InChI is InChI=1S/C27H30FN3O3S/c28-21-8-10-25(11-9-21)35(32,33)30-23-5-3-6-24(18-23)31-15-12-22(13-16-31)29-19-27-26-7-2-1-4-20(26)14-17-34-27/h1-11,18,22,27,29-30H,12-17,19H2. The summed E-state index contributed by atoms with van der Waals surface area (Å²) in [7, 11) is -3.78. The number of fused-ring (bicyclic) bond motifs is 1. The van der Waals surface area contributed by atoms with E-state index >= 15 is 0 Å². The zero-order valence-electron chi connectivity index (χ0n) is 19.5. The lowest BCUT2D eigenvalue weighted by Gasteiger charge is -2.35. The van der Waals surface area contributed by atoms with E-state index in [-0.39, 0.29) is 11.0 Å². The molecule has 8 heteroatoms. The van der Waals surface area contributed by atoms with E-state index in [2.05, 4.69) is 39.2 Å². The fraction of sp³-hybridized carbons (Fsp3) is 0.333. The SMILES string of the molecule is O=S(=O)(Nc1cccc(N2CCC(NCC3OCCc4ccccc43)CC2)c1)c1ccc(F)cc1. The molecule has 0 amide bonds. The molecule has 0 bridgehead atoms. The highest BCUT2D eigenvalue weighted by Gasteiger charge is 2.24. The molecule has 1 saturated heterocycles. The minimum absolute atomic E-state index is 0.0285. The Bertz CT molecular complexity index is 1260. The van der Waals surface area contributed by atoms with Gasteiger partial charge in [0.25, 0.3) is 10.0 Å². The molecule has 2 aliphatic rings. The van der Waals surface area contributed by atoms with Crippen LogP contribution in [0.25, 0.3) is 0 Å². The first kappa shape index (κ1) is 23.8. The lowest BCUT2D eigenvalue weighted by atomic mass is 9.97. The number of sulfonamides is 1. The van der Waals surface area contributed by atoms with Crippen molar-refractivity contribution in [2.75, 3.05) is 35.9 Å². The van der Waals surface area contributed by atoms with Gasteiger partial charge in [0.05, 0.1) is 23.3 Å². The lowest BCUT2D eigenvalue weighted by Crippen LogP contribution is -2.44. The van der Waals surface area contributed by atoms with Crippen molar-refractivity contribution in [3.8, 4) is 0 Å². The molecule has 0 spiro atoms. The average molecular weight is 496 g/mol. The minimum atomic E-state index is -3.78. The van der Waals surface area contributed by atoms with Crippen molar-refractivity contribution in [2.45, 2.75) is 36.3 Å². The Hall–Kier alpha value is -2.94. The second kappa shape index (κ2) is 10.4. The third kappa shape index (κ3) is 5.66. The topological polar surface area (TPSA) is 70.7 Å². The largest absolute Gasteiger partial charge is 0.372 e. The Morgan fingerprint density at radius 1 is 0.971 bits per heavy atom. The van der Waals surface area contributed by atoms with Crippen molar-refractivity contribution in [3.05, 3.63) is 89.7 Å². The second-order valence-corrected chi connectivity index (χ2v) is 10.8. The molecule has 2 N–H and O–H groups in total. The number of piperidine rings is 1. The number of hydrogen-bond acceptors (Lipinski definition) is 5. The highest BCUT2D eigenvalue weighted by atomic mass is 32.2. The van der Waals surface area contributed by atoms with Crippen LogP contribution in [-0.4, -0.2) is 40.7 Å². The molecule has 5 rings (SSSR count). The Morgan fingerprint density at radius 2 is 1.74 bits per heavy atom. The summed E-state index contributed by atoms with van der Waals surface area (Å²) >= 11 is 0. The summed E-state index contributed by atoms with van der Waals surface area (Å²) in [5.74, 6) is -0.472. The van der Waals surface area contributed by atoms with Gasteiger partial charge in [-0.1, -0.05) is 30.3 Å². The number of nitrogens with one attached hydrogen (secondary N) is 2. The first-order valence-electron chi connectivity index (χ1n) is 12.0. The summed E-state index contributed by atoms with van der Waals surface area (Å²) in [5, 5.41) is 3.70. The molecule has 6 nitrogen and oxygen atoms in total. The van der Waals surface area contributed by atoms with Crippen LogP contribution in [0, 0.1) is 5.82 Å². The fourth-order valence-corrected chi connectivity index (χ4v) is 5.90. The molecule has 0 aromatic heterocycles. The highest BCUT2D eigenvalue weighted by molar-refractivity contribution is 7.92. The number of rotatable bonds is 7. The predicted octanol–water partition coefficient (Wildman–Crippen LogP) is 4.50. The summed E-state index contributed by atoms with van der Waals surface area (Å²) in [6.45, 7) is 3.34. The van der Waals surface area contributed by atoms with Gasteiger partial charge in [-0.3, -0.25) is 4.72 Å². The molecule has 35 heavy (non-hydrogen) atoms. The van der Waals surface area contributed by atoms with Crippen LogP contribution in [0.3, 0.4) is 0 Å². The summed E-state index contributed by atoms with van der Waals surface area (Å²) in [4.78, 5) is 2.31. The van der Waals surface area contributed by atoms with Crippen LogP contribution in [0.2, 0.25) is 0 Å². The molecule has 1 unspecified atom stereocenters. The lowest BCUT2D eigenvalue weighted by molar-refractivity contribution is 0.0401. The highest BCUT2D eigenvalue weighted by Crippen LogP contribution is 2.28. The van der Waals surface area contributed by atoms with Gasteiger partial charge >= 0.3 is 0 Å². The molecule has 184 valence electrons. The normalized spacial score (nSPS) is 18.8. The average Bonchev–Trinajstić information content (AvgIpc) is 2.88. The van der Waals surface area contributed by atoms with Gasteiger partial charge in [0.2, 0.25) is 0 Å². The quantitative estimate of drug-likeness (QED) is 0.505. The van der Waals surface area contributed by atoms with E-state index in [1.165, 1.54) is 23.3 Å². The molecule has 3 aromatic carbocycles. The number of nitrogens with zero attached hydrogens (tertiary/aromatic N) is 1. The van der Waals surface area contributed by atoms with Gasteiger partial charge in [-0.05, 0) is 72.9 Å². The van der Waals surface area contributed by atoms with Crippen LogP contribution in [0.4, 0.5) is 15.8 Å². The van der Waals surface area contributed by atoms with Gasteiger partial charge in [-0.25, -0.2) is 12.8 Å². The predicted molar refractivity (Wildman–Crippen MR) is 136 cm³/mol. The molecule has 2 heterocycles. The van der Waals surface area contributed by atoms with E-state index in [1.807, 2.05) is 18.2 Å². The zero-order valence-corrected chi connectivity index (χ0v) is 20.3. The van der Waals surface area contributed by atoms with Crippen LogP contribution < -0.4 is 14.9 Å². The maximum Gasteiger partial charge on any atom is 0.261 e. The maximum absolute atomic E-state index is 13.2. The van der Waals surface area contributed by atoms with Crippen LogP contribution in [0.5, 0.6) is 0 Å². The molecule has 2 aliphatic heterocycles. The van der Waals surface area contributed by atoms with Gasteiger partial charge < -0.3 is 15.0 Å². The molecule has 0 aliphatic carbocycles. The van der Waals surface area contributed by atoms with Gasteiger partial charge in [-0.15, -0.1) is 0 Å². The molecule has 0 saturated carbocycles. The van der Waals surface area contributed by atoms with Gasteiger partial charge in [0.15, 0.2) is 0 Å². The first-order chi connectivity index (χ1) is 17.0. The van der Waals surface area contributed by atoms with Crippen LogP contribution >= 0.6 is 0 Å². The van der Waals surface area contributed by atoms with Gasteiger partial charge in [0, 0.05) is 31.4 Å². The molecular weight excluding hydrogens is 465 g/mol. The Labute approximate surface area is 206 Å². The molecule has 1 atom stereocenters. The Morgan fingerprint density at radius 3 is 2.54 bits per heavy atom. The fourth-order valence-electron chi connectivity index (χ4n) is 4.86. The summed E-state index contributed by atoms with van der Waals surface area (Å²) < 4.78 is 47.1. The minimum Gasteiger partial charge on any atom is -0.372 e. The van der Waals surface area contributed by atoms with Gasteiger partial charge in [0.1, 0.15) is 5.82 Å². The van der Waals surface area contributed by atoms with Crippen molar-refractivity contribution in [2.24, 2.45) is 0 Å². The smallest absolute Gasteiger partial charge is 0.261 e. The van der Waals surface area contributed by atoms with E-state index in [9.17, 15) is 12.8 Å². The zero-order chi connectivity index (χ0) is 24.3. The van der Waals surface area contributed by atoms with Crippen LogP contribution in [0.15, 0.2) is 77.7 Å². The third-order valence-electron chi connectivity index (χ3n) is 6.77. The van der Waals surface area contributed by atoms with Crippen molar-refractivity contribution in [3.63, 3.8) is 0 Å². The summed E-state index contributed by atoms with van der Waals surface area (Å²) in [6, 6.07) is 21.2. The molecule has 3 aromatic rings. The summed E-state index contributed by atoms with van der Waals surface area (Å²) in [5.41, 5.74) is 4.14. The van der Waals surface area contributed by atoms with E-state index in [4.69, 9.17) is 4.74 Å². The number of hydrogen-bond donors (Lipinski definition) is 2. The van der Waals surface area contributed by atoms with Crippen molar-refractivity contribution < 1.29 is 17.5 Å². The maximum atomic E-state index is 13.2. The number of halogens is 1. The molecule has 0 radical (unpaired) electrons. The van der Waals surface area contributed by atoms with Crippen molar-refractivity contribution in [1.82, 2.24) is 5.32 Å². The third-order valence-corrected chi connectivity index (χ3v) is 8.16. The molecular formula is C27H30FN3O3S. The van der Waals surface area contributed by atoms with E-state index in [1.54, 1.807) is 6.07 Å². The van der Waals surface area contributed by atoms with E-state index in [0.717, 1.165) is 63.3 Å². The van der Waals surface area contributed by atoms with E-state index in [0.29, 0.717) is 11.7 Å². The number of anilines is 2. The number of benzene rings is 3. The Kier molecular flexibility index (Phi) is 7.04. The second-order valence-electron chi connectivity index (χ2n) is 9.09. The number of ether oxygens (including phenoxy) is 1. The Balaban J connectivity index is 1.16. The molecule has 1 fully saturated rings. The summed E-state index contributed by atoms with van der Waals surface area (Å²) in [6.07, 6.45) is 3.08.